The molecular formula is C25H20FN3O4. The van der Waals surface area contributed by atoms with Crippen LogP contribution in [-0.2, 0) is 19.2 Å². The molecule has 0 bridgehead atoms. The average Bonchev–Trinajstić information content (AvgIpc) is 3.26. The van der Waals surface area contributed by atoms with Gasteiger partial charge in [0.25, 0.3) is 5.78 Å². The second-order valence-corrected chi connectivity index (χ2v) is 7.42. The van der Waals surface area contributed by atoms with Crippen molar-refractivity contribution in [1.29, 1.82) is 0 Å². The number of Topliss-reactive ketones (excluding diaryl/α,β-unsaturated/α-hetero) is 1. The summed E-state index contributed by atoms with van der Waals surface area (Å²) < 4.78 is 18.3. The third-order valence-electron chi connectivity index (χ3n) is 5.51. The van der Waals surface area contributed by atoms with Crippen LogP contribution in [0.25, 0.3) is 5.53 Å². The van der Waals surface area contributed by atoms with Crippen molar-refractivity contribution in [2.24, 2.45) is 5.92 Å². The van der Waals surface area contributed by atoms with Crippen LogP contribution < -0.4 is 5.06 Å². The molecule has 0 spiro atoms. The predicted octanol–water partition coefficient (Wildman–Crippen LogP) is 4.09. The number of carbonyl (C=O) groups is 2. The van der Waals surface area contributed by atoms with Gasteiger partial charge in [0, 0.05) is 0 Å². The minimum absolute atomic E-state index is 0.432. The summed E-state index contributed by atoms with van der Waals surface area (Å²) >= 11 is 0. The van der Waals surface area contributed by atoms with E-state index >= 15 is 0 Å². The highest BCUT2D eigenvalue weighted by Gasteiger charge is 2.53. The maximum atomic E-state index is 13.7. The molecular weight excluding hydrogens is 425 g/mol. The second kappa shape index (κ2) is 9.56. The Morgan fingerprint density at radius 1 is 0.939 bits per heavy atom. The first-order valence-corrected chi connectivity index (χ1v) is 10.2. The molecule has 1 aliphatic rings. The first-order chi connectivity index (χ1) is 16.0. The van der Waals surface area contributed by atoms with Crippen LogP contribution in [0, 0.1) is 11.7 Å². The number of halogens is 1. The van der Waals surface area contributed by atoms with Gasteiger partial charge < -0.3 is 10.3 Å². The highest BCUT2D eigenvalue weighted by Crippen LogP contribution is 2.49. The van der Waals surface area contributed by atoms with Crippen molar-refractivity contribution in [2.75, 3.05) is 12.2 Å². The third-order valence-corrected chi connectivity index (χ3v) is 5.51. The molecule has 0 N–H and O–H groups in total. The molecule has 3 atom stereocenters. The summed E-state index contributed by atoms with van der Waals surface area (Å²) in [6.45, 7) is 0. The summed E-state index contributed by atoms with van der Waals surface area (Å²) in [5, 5.41) is 1.57. The van der Waals surface area contributed by atoms with Crippen LogP contribution in [0.3, 0.4) is 0 Å². The van der Waals surface area contributed by atoms with Crippen molar-refractivity contribution in [3.63, 3.8) is 0 Å². The Kier molecular flexibility index (Phi) is 6.40. The summed E-state index contributed by atoms with van der Waals surface area (Å²) in [6, 6.07) is 23.1. The highest BCUT2D eigenvalue weighted by atomic mass is 19.1. The minimum atomic E-state index is -1.06. The van der Waals surface area contributed by atoms with E-state index in [4.69, 9.17) is 4.84 Å². The van der Waals surface area contributed by atoms with Crippen molar-refractivity contribution < 1.29 is 28.3 Å². The maximum absolute atomic E-state index is 13.7. The molecule has 33 heavy (non-hydrogen) atoms. The van der Waals surface area contributed by atoms with E-state index in [2.05, 4.69) is 9.53 Å². The Balaban J connectivity index is 1.90. The number of hydrogen-bond donors (Lipinski definition) is 0. The second-order valence-electron chi connectivity index (χ2n) is 7.42. The lowest BCUT2D eigenvalue weighted by atomic mass is 9.81. The van der Waals surface area contributed by atoms with Crippen LogP contribution in [0.1, 0.15) is 23.3 Å². The van der Waals surface area contributed by atoms with Gasteiger partial charge in [0.15, 0.2) is 0 Å². The fourth-order valence-corrected chi connectivity index (χ4v) is 4.00. The van der Waals surface area contributed by atoms with Crippen molar-refractivity contribution in [3.8, 4) is 0 Å². The van der Waals surface area contributed by atoms with Crippen molar-refractivity contribution in [3.05, 3.63) is 107 Å². The van der Waals surface area contributed by atoms with Gasteiger partial charge in [-0.15, -0.1) is 0 Å². The number of methoxy groups -OCH3 is 1. The minimum Gasteiger partial charge on any atom is -0.460 e. The quantitative estimate of drug-likeness (QED) is 0.187. The number of nitrogens with zero attached hydrogens (tertiary/aromatic N) is 3. The molecule has 8 heteroatoms. The normalized spacial score (nSPS) is 19.6. The Morgan fingerprint density at radius 2 is 1.55 bits per heavy atom. The lowest BCUT2D eigenvalue weighted by Gasteiger charge is -2.26. The number of hydrogen-bond acceptors (Lipinski definition) is 5. The number of anilines is 1. The molecule has 7 nitrogen and oxygen atoms in total. The fourth-order valence-electron chi connectivity index (χ4n) is 4.00. The molecule has 0 aliphatic carbocycles. The van der Waals surface area contributed by atoms with E-state index in [1.165, 1.54) is 12.1 Å². The Labute approximate surface area is 189 Å². The van der Waals surface area contributed by atoms with E-state index < -0.39 is 41.3 Å². The molecule has 4 rings (SSSR count). The summed E-state index contributed by atoms with van der Waals surface area (Å²) in [5.74, 6) is -3.27. The molecule has 0 amide bonds. The first kappa shape index (κ1) is 22.1. The summed E-state index contributed by atoms with van der Waals surface area (Å²) in [7, 11) is 1.09. The van der Waals surface area contributed by atoms with Gasteiger partial charge in [0.05, 0.1) is 24.8 Å². The molecule has 0 saturated carbocycles. The standard InChI is InChI=1S/C25H20FN3O4/c1-32-25(31)21(28-27)23(30)20-22(16-12-14-18(26)15-13-16)29(19-10-6-3-7-11-19)33-24(20)17-8-4-2-5-9-17/h2-15,20,22,24H,1H3/t20-,22+,24-/m1/s1. The van der Waals surface area contributed by atoms with Gasteiger partial charge in [0.2, 0.25) is 0 Å². The molecule has 1 heterocycles. The van der Waals surface area contributed by atoms with Gasteiger partial charge in [-0.25, -0.2) is 14.2 Å². The number of rotatable bonds is 6. The largest absolute Gasteiger partial charge is 0.460 e. The number of benzene rings is 3. The topological polar surface area (TPSA) is 92.2 Å². The Bertz CT molecular complexity index is 1200. The number of ketones is 1. The number of esters is 1. The van der Waals surface area contributed by atoms with Crippen molar-refractivity contribution in [2.45, 2.75) is 12.1 Å². The molecule has 0 aromatic heterocycles. The Morgan fingerprint density at radius 3 is 2.12 bits per heavy atom. The molecule has 1 aliphatic heterocycles. The van der Waals surface area contributed by atoms with Crippen LogP contribution in [0.2, 0.25) is 0 Å². The first-order valence-electron chi connectivity index (χ1n) is 10.2. The van der Waals surface area contributed by atoms with Crippen LogP contribution in [0.15, 0.2) is 84.9 Å². The van der Waals surface area contributed by atoms with E-state index in [-0.39, 0.29) is 0 Å². The number of carbonyl (C=O) groups excluding carboxylic acids is 2. The van der Waals surface area contributed by atoms with E-state index in [0.717, 1.165) is 7.11 Å². The molecule has 1 saturated heterocycles. The highest BCUT2D eigenvalue weighted by molar-refractivity contribution is 6.62. The van der Waals surface area contributed by atoms with Gasteiger partial charge in [-0.1, -0.05) is 60.7 Å². The van der Waals surface area contributed by atoms with E-state index in [9.17, 15) is 19.5 Å². The molecule has 0 radical (unpaired) electrons. The Hall–Kier alpha value is -4.13. The zero-order chi connectivity index (χ0) is 23.4. The number of ether oxygens (including phenoxy) is 1. The van der Waals surface area contributed by atoms with Crippen LogP contribution in [0.4, 0.5) is 10.1 Å². The lowest BCUT2D eigenvalue weighted by Crippen LogP contribution is -2.37. The van der Waals surface area contributed by atoms with E-state index in [1.807, 2.05) is 36.4 Å². The molecule has 1 fully saturated rings. The zero-order valence-corrected chi connectivity index (χ0v) is 17.7. The molecule has 3 aromatic carbocycles. The molecule has 3 aromatic rings. The van der Waals surface area contributed by atoms with Crippen molar-refractivity contribution in [1.82, 2.24) is 0 Å². The monoisotopic (exact) mass is 445 g/mol. The smallest absolute Gasteiger partial charge is 0.441 e. The van der Waals surface area contributed by atoms with E-state index in [1.54, 1.807) is 41.5 Å². The van der Waals surface area contributed by atoms with E-state index in [0.29, 0.717) is 16.8 Å². The summed E-state index contributed by atoms with van der Waals surface area (Å²) in [5.41, 5.74) is 10.6. The van der Waals surface area contributed by atoms with Crippen LogP contribution >= 0.6 is 0 Å². The van der Waals surface area contributed by atoms with Gasteiger partial charge in [-0.2, -0.15) is 4.79 Å². The van der Waals surface area contributed by atoms with Gasteiger partial charge in [-0.3, -0.25) is 9.63 Å². The molecule has 0 unspecified atom stereocenters. The van der Waals surface area contributed by atoms with Crippen LogP contribution in [0.5, 0.6) is 0 Å². The predicted molar refractivity (Wildman–Crippen MR) is 117 cm³/mol. The summed E-state index contributed by atoms with van der Waals surface area (Å²) in [4.78, 5) is 35.0. The maximum Gasteiger partial charge on any atom is 0.441 e. The van der Waals surface area contributed by atoms with Crippen LogP contribution in [-0.4, -0.2) is 29.4 Å². The summed E-state index contributed by atoms with van der Waals surface area (Å²) in [6.07, 6.45) is -0.824. The number of para-hydroxylation sites is 1. The third kappa shape index (κ3) is 4.30. The van der Waals surface area contributed by atoms with Crippen molar-refractivity contribution >= 4 is 23.2 Å². The zero-order valence-electron chi connectivity index (χ0n) is 17.7. The van der Waals surface area contributed by atoms with Gasteiger partial charge in [0.1, 0.15) is 11.9 Å². The lowest BCUT2D eigenvalue weighted by molar-refractivity contribution is -0.140. The SMILES string of the molecule is COC(=O)C(=[N+]=[N-])C(=O)[C@@H]1[C@@H](c2ccccc2)ON(c2ccccc2)[C@H]1c1ccc(F)cc1. The average molecular weight is 445 g/mol. The molecule has 166 valence electrons. The fraction of sp³-hybridized carbons (Fsp3) is 0.160. The number of hydroxylamine groups is 1. The van der Waals surface area contributed by atoms with Gasteiger partial charge in [-0.05, 0) is 35.4 Å². The van der Waals surface area contributed by atoms with Gasteiger partial charge >= 0.3 is 11.7 Å².